The average Bonchev–Trinajstić information content (AvgIpc) is 2.15. The Labute approximate surface area is 84.5 Å². The molecule has 70 valence electrons. The van der Waals surface area contributed by atoms with E-state index in [0.717, 1.165) is 4.47 Å². The van der Waals surface area contributed by atoms with Crippen LogP contribution in [0.2, 0.25) is 0 Å². The highest BCUT2D eigenvalue weighted by Gasteiger charge is 2.09. The lowest BCUT2D eigenvalue weighted by Crippen LogP contribution is -2.27. The van der Waals surface area contributed by atoms with Gasteiger partial charge in [-0.15, -0.1) is 0 Å². The van der Waals surface area contributed by atoms with Crippen molar-refractivity contribution in [1.82, 2.24) is 0 Å². The summed E-state index contributed by atoms with van der Waals surface area (Å²) in [5.41, 5.74) is 0.678. The summed E-state index contributed by atoms with van der Waals surface area (Å²) < 4.78 is 12.9. The van der Waals surface area contributed by atoms with Crippen LogP contribution in [0.25, 0.3) is 0 Å². The van der Waals surface area contributed by atoms with Crippen LogP contribution >= 0.6 is 15.9 Å². The van der Waals surface area contributed by atoms with Gasteiger partial charge in [0.15, 0.2) is 6.67 Å². The second kappa shape index (κ2) is 4.37. The molecule has 1 rings (SSSR count). The van der Waals surface area contributed by atoms with Crippen molar-refractivity contribution in [3.63, 3.8) is 0 Å². The van der Waals surface area contributed by atoms with Gasteiger partial charge in [0.25, 0.3) is 5.91 Å². The number of carbonyl (C=O) groups excluding carboxylic acids is 1. The Balaban J connectivity index is 2.88. The van der Waals surface area contributed by atoms with Crippen LogP contribution in [-0.4, -0.2) is 19.6 Å². The summed E-state index contributed by atoms with van der Waals surface area (Å²) in [6.07, 6.45) is 0. The van der Waals surface area contributed by atoms with E-state index in [0.29, 0.717) is 5.69 Å². The molecule has 1 amide bonds. The summed E-state index contributed by atoms with van der Waals surface area (Å²) >= 11 is 3.27. The fourth-order valence-corrected chi connectivity index (χ4v) is 1.31. The summed E-state index contributed by atoms with van der Waals surface area (Å²) in [7, 11) is 1.55. The predicted octanol–water partition coefficient (Wildman–Crippen LogP) is 2.38. The summed E-state index contributed by atoms with van der Waals surface area (Å²) in [6, 6.07) is 7.14. The third-order valence-electron chi connectivity index (χ3n) is 1.68. The lowest BCUT2D eigenvalue weighted by Gasteiger charge is -2.15. The average molecular weight is 246 g/mol. The van der Waals surface area contributed by atoms with E-state index in [1.165, 1.54) is 4.90 Å². The molecule has 0 heterocycles. The van der Waals surface area contributed by atoms with Crippen molar-refractivity contribution in [2.45, 2.75) is 0 Å². The summed E-state index contributed by atoms with van der Waals surface area (Å²) in [4.78, 5) is 12.2. The highest BCUT2D eigenvalue weighted by atomic mass is 79.9. The largest absolute Gasteiger partial charge is 0.313 e. The normalized spacial score (nSPS) is 9.77. The van der Waals surface area contributed by atoms with Crippen molar-refractivity contribution in [3.8, 4) is 0 Å². The number of hydrogen-bond donors (Lipinski definition) is 0. The molecule has 0 aromatic heterocycles. The van der Waals surface area contributed by atoms with Crippen molar-refractivity contribution in [1.29, 1.82) is 0 Å². The van der Waals surface area contributed by atoms with Gasteiger partial charge in [-0.2, -0.15) is 0 Å². The molecule has 0 unspecified atom stereocenters. The van der Waals surface area contributed by atoms with E-state index in [9.17, 15) is 9.18 Å². The highest BCUT2D eigenvalue weighted by Crippen LogP contribution is 2.18. The Morgan fingerprint density at radius 3 is 2.85 bits per heavy atom. The Bertz CT molecular complexity index is 316. The Morgan fingerprint density at radius 2 is 2.31 bits per heavy atom. The zero-order valence-corrected chi connectivity index (χ0v) is 8.71. The summed E-state index contributed by atoms with van der Waals surface area (Å²) in [5, 5.41) is 0. The smallest absolute Gasteiger partial charge is 0.258 e. The van der Waals surface area contributed by atoms with Crippen LogP contribution in [-0.2, 0) is 4.79 Å². The Morgan fingerprint density at radius 1 is 1.62 bits per heavy atom. The number of nitrogens with zero attached hydrogens (tertiary/aromatic N) is 1. The van der Waals surface area contributed by atoms with Crippen LogP contribution in [0.4, 0.5) is 10.1 Å². The van der Waals surface area contributed by atoms with Crippen LogP contribution in [0.3, 0.4) is 0 Å². The molecular formula is C9H9BrFNO. The third-order valence-corrected chi connectivity index (χ3v) is 2.18. The zero-order valence-electron chi connectivity index (χ0n) is 7.13. The molecule has 0 spiro atoms. The van der Waals surface area contributed by atoms with Gasteiger partial charge >= 0.3 is 0 Å². The standard InChI is InChI=1S/C9H9BrFNO/c1-12(9(13)6-11)8-4-2-3-7(10)5-8/h2-5H,6H2,1H3. The first-order valence-corrected chi connectivity index (χ1v) is 4.52. The molecule has 0 aliphatic carbocycles. The lowest BCUT2D eigenvalue weighted by molar-refractivity contribution is -0.119. The number of amides is 1. The van der Waals surface area contributed by atoms with E-state index < -0.39 is 12.6 Å². The maximum absolute atomic E-state index is 12.0. The van der Waals surface area contributed by atoms with E-state index >= 15 is 0 Å². The molecule has 0 saturated carbocycles. The van der Waals surface area contributed by atoms with E-state index in [-0.39, 0.29) is 0 Å². The molecule has 0 saturated heterocycles. The number of hydrogen-bond acceptors (Lipinski definition) is 1. The maximum Gasteiger partial charge on any atom is 0.258 e. The number of halogens is 2. The first-order valence-electron chi connectivity index (χ1n) is 3.73. The minimum absolute atomic E-state index is 0.543. The van der Waals surface area contributed by atoms with Crippen LogP contribution in [0, 0.1) is 0 Å². The van der Waals surface area contributed by atoms with E-state index in [2.05, 4.69) is 15.9 Å². The van der Waals surface area contributed by atoms with Gasteiger partial charge in [-0.1, -0.05) is 22.0 Å². The van der Waals surface area contributed by atoms with E-state index in [4.69, 9.17) is 0 Å². The quantitative estimate of drug-likeness (QED) is 0.784. The van der Waals surface area contributed by atoms with Crippen LogP contribution in [0.5, 0.6) is 0 Å². The molecule has 0 aliphatic rings. The summed E-state index contributed by atoms with van der Waals surface area (Å²) in [5.74, 6) is -0.543. The predicted molar refractivity (Wildman–Crippen MR) is 53.5 cm³/mol. The van der Waals surface area contributed by atoms with Gasteiger partial charge in [0.2, 0.25) is 0 Å². The molecule has 0 fully saturated rings. The van der Waals surface area contributed by atoms with Gasteiger partial charge in [-0.3, -0.25) is 4.79 Å². The minimum Gasteiger partial charge on any atom is -0.313 e. The molecule has 0 bridgehead atoms. The molecule has 1 aromatic carbocycles. The molecular weight excluding hydrogens is 237 g/mol. The van der Waals surface area contributed by atoms with Gasteiger partial charge in [-0.25, -0.2) is 4.39 Å². The second-order valence-corrected chi connectivity index (χ2v) is 3.48. The van der Waals surface area contributed by atoms with Crippen molar-refractivity contribution in [3.05, 3.63) is 28.7 Å². The molecule has 2 nitrogen and oxygen atoms in total. The van der Waals surface area contributed by atoms with Crippen molar-refractivity contribution >= 4 is 27.5 Å². The fourth-order valence-electron chi connectivity index (χ4n) is 0.918. The maximum atomic E-state index is 12.0. The van der Waals surface area contributed by atoms with E-state index in [1.54, 1.807) is 25.2 Å². The van der Waals surface area contributed by atoms with Crippen LogP contribution < -0.4 is 4.90 Å². The first-order chi connectivity index (χ1) is 6.15. The molecule has 0 atom stereocenters. The zero-order chi connectivity index (χ0) is 9.84. The molecule has 0 radical (unpaired) electrons. The molecule has 13 heavy (non-hydrogen) atoms. The van der Waals surface area contributed by atoms with Gasteiger partial charge in [0.1, 0.15) is 0 Å². The second-order valence-electron chi connectivity index (χ2n) is 2.57. The molecule has 0 aliphatic heterocycles. The fraction of sp³-hybridized carbons (Fsp3) is 0.222. The third kappa shape index (κ3) is 2.52. The highest BCUT2D eigenvalue weighted by molar-refractivity contribution is 9.10. The molecule has 1 aromatic rings. The van der Waals surface area contributed by atoms with Crippen molar-refractivity contribution in [2.75, 3.05) is 18.6 Å². The van der Waals surface area contributed by atoms with E-state index in [1.807, 2.05) is 6.07 Å². The van der Waals surface area contributed by atoms with Gasteiger partial charge in [0.05, 0.1) is 0 Å². The number of alkyl halides is 1. The van der Waals surface area contributed by atoms with Crippen LogP contribution in [0.15, 0.2) is 28.7 Å². The van der Waals surface area contributed by atoms with Gasteiger partial charge < -0.3 is 4.90 Å². The summed E-state index contributed by atoms with van der Waals surface area (Å²) in [6.45, 7) is -0.969. The SMILES string of the molecule is CN(C(=O)CF)c1cccc(Br)c1. The monoisotopic (exact) mass is 245 g/mol. The van der Waals surface area contributed by atoms with Crippen molar-refractivity contribution < 1.29 is 9.18 Å². The number of rotatable bonds is 2. The number of carbonyl (C=O) groups is 1. The Kier molecular flexibility index (Phi) is 3.42. The minimum atomic E-state index is -0.969. The molecule has 0 N–H and O–H groups in total. The van der Waals surface area contributed by atoms with Gasteiger partial charge in [0, 0.05) is 17.2 Å². The van der Waals surface area contributed by atoms with Crippen LogP contribution in [0.1, 0.15) is 0 Å². The topological polar surface area (TPSA) is 20.3 Å². The van der Waals surface area contributed by atoms with Gasteiger partial charge in [-0.05, 0) is 18.2 Å². The number of anilines is 1. The number of benzene rings is 1. The Hall–Kier alpha value is -0.900. The van der Waals surface area contributed by atoms with Crippen molar-refractivity contribution in [2.24, 2.45) is 0 Å². The molecule has 4 heteroatoms. The lowest BCUT2D eigenvalue weighted by atomic mass is 10.3. The first kappa shape index (κ1) is 10.2.